The van der Waals surface area contributed by atoms with Crippen LogP contribution in [0.5, 0.6) is 17.4 Å². The fraction of sp³-hybridized carbons (Fsp3) is 0.188. The van der Waals surface area contributed by atoms with Crippen LogP contribution in [0.2, 0.25) is 0 Å². The molecule has 0 spiro atoms. The predicted octanol–water partition coefficient (Wildman–Crippen LogP) is 8.02. The van der Waals surface area contributed by atoms with Crippen molar-refractivity contribution in [3.8, 4) is 23.2 Å². The largest absolute Gasteiger partial charge is 0.506 e. The number of hydrogen-bond acceptors (Lipinski definition) is 4. The summed E-state index contributed by atoms with van der Waals surface area (Å²) in [4.78, 5) is 9.39. The van der Waals surface area contributed by atoms with Crippen LogP contribution in [0, 0.1) is 13.0 Å². The Morgan fingerprint density at radius 3 is 2.58 bits per heavy atom. The van der Waals surface area contributed by atoms with E-state index in [0.717, 1.165) is 56.1 Å². The molecule has 5 nitrogen and oxygen atoms in total. The van der Waals surface area contributed by atoms with E-state index in [1.807, 2.05) is 30.5 Å². The molecule has 0 radical (unpaired) electrons. The Labute approximate surface area is 236 Å². The second kappa shape index (κ2) is 10.2. The van der Waals surface area contributed by atoms with Crippen molar-refractivity contribution in [2.45, 2.75) is 40.0 Å². The number of pyridine rings is 2. The van der Waals surface area contributed by atoms with Gasteiger partial charge in [-0.1, -0.05) is 44.5 Å². The maximum absolute atomic E-state index is 10.7. The molecule has 6 aromatic rings. The molecule has 6 rings (SSSR count). The molecule has 3 aromatic carbocycles. The normalized spacial score (nSPS) is 11.4. The zero-order valence-electron chi connectivity index (χ0n) is 21.7. The Balaban J connectivity index is 0.00000294. The van der Waals surface area contributed by atoms with Gasteiger partial charge in [0, 0.05) is 49.5 Å². The SMILES string of the molecule is CCc1cc2cc(C(C)C)cc(O)c2nc1Oc1[c-]c2c(cc1)c1ccccc1n2-c1cc(C)ccn1.[Pt]. The van der Waals surface area contributed by atoms with E-state index >= 15 is 0 Å². The molecule has 0 amide bonds. The van der Waals surface area contributed by atoms with Gasteiger partial charge in [0.15, 0.2) is 0 Å². The maximum atomic E-state index is 10.7. The Kier molecular flexibility index (Phi) is 6.98. The van der Waals surface area contributed by atoms with Crippen LogP contribution in [-0.2, 0) is 27.5 Å². The van der Waals surface area contributed by atoms with Gasteiger partial charge in [0.05, 0.1) is 0 Å². The summed E-state index contributed by atoms with van der Waals surface area (Å²) in [5, 5.41) is 13.8. The van der Waals surface area contributed by atoms with Crippen LogP contribution in [0.3, 0.4) is 0 Å². The Morgan fingerprint density at radius 2 is 1.82 bits per heavy atom. The monoisotopic (exact) mass is 681 g/mol. The minimum absolute atomic E-state index is 0. The molecule has 38 heavy (non-hydrogen) atoms. The van der Waals surface area contributed by atoms with Gasteiger partial charge < -0.3 is 14.4 Å². The number of nitrogens with zero attached hydrogens (tertiary/aromatic N) is 3. The number of aromatic nitrogens is 3. The minimum atomic E-state index is 0. The van der Waals surface area contributed by atoms with Crippen LogP contribution in [0.25, 0.3) is 38.5 Å². The quantitative estimate of drug-likeness (QED) is 0.187. The number of benzene rings is 3. The fourth-order valence-electron chi connectivity index (χ4n) is 4.91. The van der Waals surface area contributed by atoms with Gasteiger partial charge >= 0.3 is 0 Å². The van der Waals surface area contributed by atoms with Gasteiger partial charge in [-0.3, -0.25) is 0 Å². The summed E-state index contributed by atoms with van der Waals surface area (Å²) in [5.41, 5.74) is 5.68. The standard InChI is InChI=1S/C32H28N3O2.Pt/c1-5-21-15-23-16-22(19(2)3)17-29(36)31(23)34-32(21)37-24-10-11-26-25-8-6-7-9-27(25)35(28(26)18-24)30-14-20(4)12-13-33-30;/h6-17,19,36H,5H2,1-4H3;/q-1;. The molecule has 0 aliphatic heterocycles. The van der Waals surface area contributed by atoms with E-state index in [-0.39, 0.29) is 26.8 Å². The molecule has 0 aliphatic rings. The minimum Gasteiger partial charge on any atom is -0.506 e. The van der Waals surface area contributed by atoms with Crippen molar-refractivity contribution < 1.29 is 30.9 Å². The van der Waals surface area contributed by atoms with E-state index in [1.54, 1.807) is 6.07 Å². The molecule has 0 fully saturated rings. The fourth-order valence-corrected chi connectivity index (χ4v) is 4.91. The number of aromatic hydroxyl groups is 1. The van der Waals surface area contributed by atoms with Gasteiger partial charge in [-0.25, -0.2) is 9.97 Å². The molecule has 0 atom stereocenters. The molecule has 6 heteroatoms. The first-order valence-corrected chi connectivity index (χ1v) is 12.7. The number of rotatable bonds is 5. The molecule has 0 saturated heterocycles. The molecule has 0 aliphatic carbocycles. The summed E-state index contributed by atoms with van der Waals surface area (Å²) in [6.07, 6.45) is 2.58. The van der Waals surface area contributed by atoms with Gasteiger partial charge in [-0.2, -0.15) is 6.07 Å². The first-order chi connectivity index (χ1) is 17.9. The average molecular weight is 682 g/mol. The molecular weight excluding hydrogens is 653 g/mol. The molecular formula is C32H28N3O2Pt-. The molecule has 1 N–H and O–H groups in total. The van der Waals surface area contributed by atoms with E-state index in [0.29, 0.717) is 23.1 Å². The summed E-state index contributed by atoms with van der Waals surface area (Å²) in [6, 6.07) is 25.8. The first-order valence-electron chi connectivity index (χ1n) is 12.7. The van der Waals surface area contributed by atoms with Crippen molar-refractivity contribution in [2.75, 3.05) is 0 Å². The third-order valence-corrected chi connectivity index (χ3v) is 6.90. The van der Waals surface area contributed by atoms with E-state index in [2.05, 4.69) is 79.7 Å². The van der Waals surface area contributed by atoms with Crippen LogP contribution in [-0.4, -0.2) is 19.6 Å². The van der Waals surface area contributed by atoms with Crippen LogP contribution >= 0.6 is 0 Å². The van der Waals surface area contributed by atoms with Gasteiger partial charge in [-0.05, 0) is 72.2 Å². The van der Waals surface area contributed by atoms with Crippen molar-refractivity contribution in [1.29, 1.82) is 0 Å². The summed E-state index contributed by atoms with van der Waals surface area (Å²) in [6.45, 7) is 8.37. The van der Waals surface area contributed by atoms with Gasteiger partial charge in [-0.15, -0.1) is 17.5 Å². The van der Waals surface area contributed by atoms with Crippen LogP contribution in [0.15, 0.2) is 72.9 Å². The summed E-state index contributed by atoms with van der Waals surface area (Å²) >= 11 is 0. The smallest absolute Gasteiger partial charge is 0.220 e. The second-order valence-corrected chi connectivity index (χ2v) is 9.80. The Morgan fingerprint density at radius 1 is 1.00 bits per heavy atom. The Bertz CT molecular complexity index is 1810. The molecule has 0 bridgehead atoms. The van der Waals surface area contributed by atoms with Gasteiger partial charge in [0.25, 0.3) is 0 Å². The number of ether oxygens (including phenoxy) is 1. The number of fused-ring (bicyclic) bond motifs is 4. The van der Waals surface area contributed by atoms with Gasteiger partial charge in [0.1, 0.15) is 17.1 Å². The molecule has 3 aromatic heterocycles. The number of hydrogen-bond donors (Lipinski definition) is 1. The van der Waals surface area contributed by atoms with Crippen molar-refractivity contribution in [3.05, 3.63) is 95.7 Å². The molecule has 3 heterocycles. The molecule has 194 valence electrons. The third kappa shape index (κ3) is 4.46. The Hall–Kier alpha value is -3.69. The number of phenolic OH excluding ortho intramolecular Hbond substituents is 1. The molecule has 0 saturated carbocycles. The van der Waals surface area contributed by atoms with Gasteiger partial charge in [0.2, 0.25) is 5.88 Å². The van der Waals surface area contributed by atoms with E-state index in [4.69, 9.17) is 9.72 Å². The third-order valence-electron chi connectivity index (χ3n) is 6.90. The topological polar surface area (TPSA) is 60.2 Å². The zero-order chi connectivity index (χ0) is 25.7. The van der Waals surface area contributed by atoms with E-state index in [1.165, 1.54) is 0 Å². The maximum Gasteiger partial charge on any atom is 0.220 e. The van der Waals surface area contributed by atoms with Crippen molar-refractivity contribution >= 4 is 32.7 Å². The van der Waals surface area contributed by atoms with E-state index < -0.39 is 0 Å². The number of para-hydroxylation sites is 1. The first kappa shape index (κ1) is 25.9. The zero-order valence-corrected chi connectivity index (χ0v) is 24.0. The van der Waals surface area contributed by atoms with E-state index in [9.17, 15) is 5.11 Å². The average Bonchev–Trinajstić information content (AvgIpc) is 3.22. The second-order valence-electron chi connectivity index (χ2n) is 9.80. The van der Waals surface area contributed by atoms with Crippen LogP contribution in [0.4, 0.5) is 0 Å². The van der Waals surface area contributed by atoms with Crippen molar-refractivity contribution in [3.63, 3.8) is 0 Å². The van der Waals surface area contributed by atoms with Crippen molar-refractivity contribution in [2.24, 2.45) is 0 Å². The molecule has 0 unspecified atom stereocenters. The predicted molar refractivity (Wildman–Crippen MR) is 149 cm³/mol. The summed E-state index contributed by atoms with van der Waals surface area (Å²) in [5.74, 6) is 2.35. The number of phenols is 1. The summed E-state index contributed by atoms with van der Waals surface area (Å²) < 4.78 is 8.47. The summed E-state index contributed by atoms with van der Waals surface area (Å²) in [7, 11) is 0. The number of aryl methyl sites for hydroxylation is 2. The van der Waals surface area contributed by atoms with Crippen LogP contribution in [0.1, 0.15) is 43.4 Å². The van der Waals surface area contributed by atoms with Crippen LogP contribution < -0.4 is 4.74 Å². The van der Waals surface area contributed by atoms with Crippen molar-refractivity contribution in [1.82, 2.24) is 14.5 Å².